The van der Waals surface area contributed by atoms with Crippen LogP contribution in [-0.2, 0) is 18.3 Å². The molecule has 3 fully saturated rings. The number of carbonyl (C=O) groups is 1. The fourth-order valence-corrected chi connectivity index (χ4v) is 6.47. The molecule has 35 heavy (non-hydrogen) atoms. The Kier molecular flexibility index (Phi) is 6.12. The number of carbonyl (C=O) groups excluding carboxylic acids is 1. The number of ether oxygens (including phenoxy) is 1. The zero-order chi connectivity index (χ0) is 23.9. The van der Waals surface area contributed by atoms with Crippen LogP contribution in [0, 0.1) is 23.6 Å². The van der Waals surface area contributed by atoms with Crippen molar-refractivity contribution in [1.29, 1.82) is 0 Å². The Morgan fingerprint density at radius 3 is 2.60 bits per heavy atom. The van der Waals surface area contributed by atoms with E-state index in [2.05, 4.69) is 34.8 Å². The molecule has 0 N–H and O–H groups in total. The standard InChI is InChI=1S/C27H31FN4O2S/c1-29-8-2-4-20(29)15-30-16-21-22(17-30)23(21)18-32(27(33)26-5-3-13-35-26)19-6-7-25(24(28)14-19)31-9-11-34-12-10-31/h2-8,13-14,21-23H,9-12,15-18H2,1H3. The number of halogens is 1. The minimum absolute atomic E-state index is 0.0378. The molecule has 0 spiro atoms. The number of aromatic nitrogens is 1. The molecule has 184 valence electrons. The van der Waals surface area contributed by atoms with E-state index in [9.17, 15) is 4.79 Å². The number of anilines is 2. The van der Waals surface area contributed by atoms with Gasteiger partial charge in [0.1, 0.15) is 5.82 Å². The van der Waals surface area contributed by atoms with E-state index in [-0.39, 0.29) is 11.7 Å². The summed E-state index contributed by atoms with van der Waals surface area (Å²) in [6.07, 6.45) is 2.09. The summed E-state index contributed by atoms with van der Waals surface area (Å²) in [6, 6.07) is 13.3. The number of piperidine rings is 1. The number of fused-ring (bicyclic) bond motifs is 1. The molecule has 2 atom stereocenters. The van der Waals surface area contributed by atoms with E-state index in [0.717, 1.165) is 19.6 Å². The molecule has 2 aromatic heterocycles. The monoisotopic (exact) mass is 494 g/mol. The number of morpholine rings is 1. The molecule has 1 aliphatic carbocycles. The lowest BCUT2D eigenvalue weighted by molar-refractivity contribution is 0.0988. The molecule has 6 rings (SSSR count). The Bertz CT molecular complexity index is 1180. The van der Waals surface area contributed by atoms with Crippen molar-refractivity contribution in [3.05, 3.63) is 70.4 Å². The minimum atomic E-state index is -0.280. The number of aryl methyl sites for hydroxylation is 1. The van der Waals surface area contributed by atoms with Gasteiger partial charge in [0.25, 0.3) is 5.91 Å². The highest BCUT2D eigenvalue weighted by molar-refractivity contribution is 7.12. The molecule has 2 saturated heterocycles. The van der Waals surface area contributed by atoms with Crippen molar-refractivity contribution in [1.82, 2.24) is 9.47 Å². The number of nitrogens with zero attached hydrogens (tertiary/aromatic N) is 4. The zero-order valence-electron chi connectivity index (χ0n) is 20.0. The van der Waals surface area contributed by atoms with Gasteiger partial charge < -0.3 is 19.1 Å². The molecule has 4 heterocycles. The average molecular weight is 495 g/mol. The van der Waals surface area contributed by atoms with Gasteiger partial charge in [-0.1, -0.05) is 6.07 Å². The van der Waals surface area contributed by atoms with Crippen molar-refractivity contribution >= 4 is 28.6 Å². The van der Waals surface area contributed by atoms with Crippen LogP contribution in [0.5, 0.6) is 0 Å². The maximum absolute atomic E-state index is 15.2. The second-order valence-corrected chi connectivity index (χ2v) is 10.9. The minimum Gasteiger partial charge on any atom is -0.378 e. The molecule has 3 aliphatic rings. The molecule has 1 amide bonds. The number of likely N-dealkylation sites (tertiary alicyclic amines) is 1. The van der Waals surface area contributed by atoms with Crippen molar-refractivity contribution < 1.29 is 13.9 Å². The Labute approximate surface area is 209 Å². The van der Waals surface area contributed by atoms with Crippen molar-refractivity contribution in [3.63, 3.8) is 0 Å². The van der Waals surface area contributed by atoms with Gasteiger partial charge >= 0.3 is 0 Å². The summed E-state index contributed by atoms with van der Waals surface area (Å²) in [6.45, 7) is 6.30. The number of hydrogen-bond acceptors (Lipinski definition) is 5. The number of benzene rings is 1. The third-order valence-electron chi connectivity index (χ3n) is 7.85. The predicted molar refractivity (Wildman–Crippen MR) is 137 cm³/mol. The van der Waals surface area contributed by atoms with E-state index < -0.39 is 0 Å². The lowest BCUT2D eigenvalue weighted by atomic mass is 10.1. The molecule has 0 bridgehead atoms. The van der Waals surface area contributed by atoms with Crippen molar-refractivity contribution in [2.45, 2.75) is 6.54 Å². The highest BCUT2D eigenvalue weighted by atomic mass is 32.1. The van der Waals surface area contributed by atoms with Crippen LogP contribution in [-0.4, -0.2) is 61.3 Å². The first kappa shape index (κ1) is 22.8. The van der Waals surface area contributed by atoms with Crippen LogP contribution < -0.4 is 9.80 Å². The summed E-state index contributed by atoms with van der Waals surface area (Å²) in [7, 11) is 2.09. The third kappa shape index (κ3) is 4.50. The van der Waals surface area contributed by atoms with Gasteiger partial charge in [0.15, 0.2) is 0 Å². The van der Waals surface area contributed by atoms with Crippen LogP contribution in [0.3, 0.4) is 0 Å². The van der Waals surface area contributed by atoms with Crippen LogP contribution in [0.2, 0.25) is 0 Å². The molecule has 1 saturated carbocycles. The van der Waals surface area contributed by atoms with Crippen molar-refractivity contribution in [3.8, 4) is 0 Å². The normalized spacial score (nSPS) is 23.9. The van der Waals surface area contributed by atoms with Crippen LogP contribution >= 0.6 is 11.3 Å². The summed E-state index contributed by atoms with van der Waals surface area (Å²) < 4.78 is 22.8. The Balaban J connectivity index is 1.17. The molecular weight excluding hydrogens is 463 g/mol. The summed E-state index contributed by atoms with van der Waals surface area (Å²) in [5.41, 5.74) is 2.55. The van der Waals surface area contributed by atoms with Gasteiger partial charge in [-0.15, -0.1) is 11.3 Å². The molecule has 2 unspecified atom stereocenters. The Morgan fingerprint density at radius 1 is 1.14 bits per heavy atom. The summed E-state index contributed by atoms with van der Waals surface area (Å²) in [5.74, 6) is 1.35. The van der Waals surface area contributed by atoms with Gasteiger partial charge in [0.2, 0.25) is 0 Å². The fourth-order valence-electron chi connectivity index (χ4n) is 5.80. The van der Waals surface area contributed by atoms with E-state index >= 15 is 4.39 Å². The van der Waals surface area contributed by atoms with E-state index in [1.54, 1.807) is 0 Å². The molecule has 0 radical (unpaired) electrons. The van der Waals surface area contributed by atoms with Gasteiger partial charge in [0.05, 0.1) is 23.8 Å². The molecule has 8 heteroatoms. The number of rotatable bonds is 7. The second kappa shape index (κ2) is 9.41. The first-order valence-corrected chi connectivity index (χ1v) is 13.3. The van der Waals surface area contributed by atoms with Crippen LogP contribution in [0.1, 0.15) is 15.4 Å². The van der Waals surface area contributed by atoms with E-state index in [4.69, 9.17) is 4.74 Å². The van der Waals surface area contributed by atoms with Gasteiger partial charge in [-0.2, -0.15) is 0 Å². The van der Waals surface area contributed by atoms with E-state index in [1.165, 1.54) is 23.1 Å². The lowest BCUT2D eigenvalue weighted by Crippen LogP contribution is -2.37. The Morgan fingerprint density at radius 2 is 1.94 bits per heavy atom. The van der Waals surface area contributed by atoms with Gasteiger partial charge in [-0.25, -0.2) is 4.39 Å². The highest BCUT2D eigenvalue weighted by Crippen LogP contribution is 2.52. The SMILES string of the molecule is Cn1cccc1CN1CC2C(C1)C2CN(C(=O)c1cccs1)c1ccc(N2CCOCC2)c(F)c1. The molecule has 1 aromatic carbocycles. The highest BCUT2D eigenvalue weighted by Gasteiger charge is 2.56. The zero-order valence-corrected chi connectivity index (χ0v) is 20.8. The number of thiophene rings is 1. The number of hydrogen-bond donors (Lipinski definition) is 0. The molecular formula is C27H31FN4O2S. The first-order valence-electron chi connectivity index (χ1n) is 12.4. The van der Waals surface area contributed by atoms with Crippen LogP contribution in [0.15, 0.2) is 54.0 Å². The van der Waals surface area contributed by atoms with Crippen molar-refractivity contribution in [2.75, 3.05) is 55.7 Å². The fraction of sp³-hybridized carbons (Fsp3) is 0.444. The number of amides is 1. The Hall–Kier alpha value is -2.68. The summed E-state index contributed by atoms with van der Waals surface area (Å²) >= 11 is 1.44. The van der Waals surface area contributed by atoms with Crippen LogP contribution in [0.25, 0.3) is 0 Å². The smallest absolute Gasteiger partial charge is 0.268 e. The van der Waals surface area contributed by atoms with Crippen molar-refractivity contribution in [2.24, 2.45) is 24.8 Å². The largest absolute Gasteiger partial charge is 0.378 e. The molecule has 2 aliphatic heterocycles. The quantitative estimate of drug-likeness (QED) is 0.496. The molecule has 3 aromatic rings. The van der Waals surface area contributed by atoms with E-state index in [1.807, 2.05) is 39.4 Å². The van der Waals surface area contributed by atoms with E-state index in [0.29, 0.717) is 66.9 Å². The third-order valence-corrected chi connectivity index (χ3v) is 8.71. The van der Waals surface area contributed by atoms with Crippen LogP contribution in [0.4, 0.5) is 15.8 Å². The first-order chi connectivity index (χ1) is 17.1. The predicted octanol–water partition coefficient (Wildman–Crippen LogP) is 4.09. The maximum Gasteiger partial charge on any atom is 0.268 e. The van der Waals surface area contributed by atoms with Gasteiger partial charge in [-0.3, -0.25) is 9.69 Å². The second-order valence-electron chi connectivity index (χ2n) is 9.92. The molecule has 6 nitrogen and oxygen atoms in total. The summed E-state index contributed by atoms with van der Waals surface area (Å²) in [4.78, 5) is 20.5. The van der Waals surface area contributed by atoms with Gasteiger partial charge in [-0.05, 0) is 59.5 Å². The topological polar surface area (TPSA) is 41.0 Å². The maximum atomic E-state index is 15.2. The summed E-state index contributed by atoms with van der Waals surface area (Å²) in [5, 5.41) is 1.92. The lowest BCUT2D eigenvalue weighted by Gasteiger charge is -2.30. The van der Waals surface area contributed by atoms with Gasteiger partial charge in [0, 0.05) is 63.9 Å². The average Bonchev–Trinajstić information content (AvgIpc) is 3.37.